The molecular weight excluding hydrogens is 385 g/mol. The molecule has 1 heterocycles. The van der Waals surface area contributed by atoms with E-state index in [2.05, 4.69) is 15.7 Å². The fraction of sp³-hybridized carbons (Fsp3) is 0.0588. The molecule has 27 heavy (non-hydrogen) atoms. The van der Waals surface area contributed by atoms with Crippen molar-refractivity contribution in [2.75, 3.05) is 10.6 Å². The molecule has 0 unspecified atom stereocenters. The van der Waals surface area contributed by atoms with Gasteiger partial charge in [-0.2, -0.15) is 5.10 Å². The van der Waals surface area contributed by atoms with E-state index in [0.29, 0.717) is 11.8 Å². The largest absolute Gasteiger partial charge is 0.470 e. The third kappa shape index (κ3) is 4.91. The van der Waals surface area contributed by atoms with Gasteiger partial charge in [0.25, 0.3) is 0 Å². The van der Waals surface area contributed by atoms with E-state index in [1.54, 1.807) is 0 Å². The number of anilines is 2. The second-order valence-corrected chi connectivity index (χ2v) is 5.73. The van der Waals surface area contributed by atoms with Crippen molar-refractivity contribution in [3.8, 4) is 5.75 Å². The number of nitrogens with one attached hydrogen (secondary N) is 2. The average Bonchev–Trinajstić information content (AvgIpc) is 3.04. The van der Waals surface area contributed by atoms with Gasteiger partial charge in [0.2, 0.25) is 0 Å². The number of ether oxygens (including phenoxy) is 1. The molecule has 0 bridgehead atoms. The lowest BCUT2D eigenvalue weighted by molar-refractivity contribution is 0.221. The van der Waals surface area contributed by atoms with Gasteiger partial charge in [-0.3, -0.25) is 0 Å². The van der Waals surface area contributed by atoms with Crippen LogP contribution in [0.5, 0.6) is 5.75 Å². The number of carbonyl (C=O) groups is 1. The summed E-state index contributed by atoms with van der Waals surface area (Å²) in [5.74, 6) is -1.86. The lowest BCUT2D eigenvalue weighted by atomic mass is 10.3. The number of hydrogen-bond donors (Lipinski definition) is 2. The zero-order chi connectivity index (χ0) is 19.4. The molecule has 3 rings (SSSR count). The summed E-state index contributed by atoms with van der Waals surface area (Å²) in [4.78, 5) is 11.9. The van der Waals surface area contributed by atoms with E-state index < -0.39 is 23.5 Å². The summed E-state index contributed by atoms with van der Waals surface area (Å²) in [6.45, 7) is -0.0404. The van der Waals surface area contributed by atoms with E-state index in [4.69, 9.17) is 16.3 Å². The predicted molar refractivity (Wildman–Crippen MR) is 93.3 cm³/mol. The van der Waals surface area contributed by atoms with Gasteiger partial charge in [-0.15, -0.1) is 0 Å². The Hall–Kier alpha value is -3.20. The van der Waals surface area contributed by atoms with Gasteiger partial charge in [0, 0.05) is 6.07 Å². The molecule has 3 aromatic rings. The quantitative estimate of drug-likeness (QED) is 0.660. The Balaban J connectivity index is 1.56. The van der Waals surface area contributed by atoms with Gasteiger partial charge in [-0.1, -0.05) is 11.6 Å². The summed E-state index contributed by atoms with van der Waals surface area (Å²) in [5.41, 5.74) is 0.138. The average molecular weight is 397 g/mol. The van der Waals surface area contributed by atoms with Crippen molar-refractivity contribution in [2.24, 2.45) is 0 Å². The Morgan fingerprint density at radius 1 is 1.11 bits per heavy atom. The van der Waals surface area contributed by atoms with Crippen LogP contribution in [-0.4, -0.2) is 15.8 Å². The van der Waals surface area contributed by atoms with Gasteiger partial charge in [0.1, 0.15) is 23.2 Å². The Kier molecular flexibility index (Phi) is 5.51. The Labute approximate surface area is 156 Å². The fourth-order valence-electron chi connectivity index (χ4n) is 2.10. The molecule has 0 aliphatic heterocycles. The maximum Gasteiger partial charge on any atom is 0.323 e. The first-order chi connectivity index (χ1) is 12.9. The zero-order valence-corrected chi connectivity index (χ0v) is 14.3. The molecule has 0 aliphatic carbocycles. The van der Waals surface area contributed by atoms with Crippen LogP contribution in [0.4, 0.5) is 29.3 Å². The molecular formula is C17H12ClF3N4O2. The molecule has 0 aliphatic rings. The second kappa shape index (κ2) is 8.00. The van der Waals surface area contributed by atoms with Gasteiger partial charge >= 0.3 is 6.03 Å². The smallest absolute Gasteiger partial charge is 0.323 e. The van der Waals surface area contributed by atoms with E-state index in [9.17, 15) is 18.0 Å². The molecule has 1 aromatic heterocycles. The maximum atomic E-state index is 13.5. The highest BCUT2D eigenvalue weighted by molar-refractivity contribution is 6.32. The van der Waals surface area contributed by atoms with Crippen molar-refractivity contribution < 1.29 is 22.7 Å². The monoisotopic (exact) mass is 396 g/mol. The minimum atomic E-state index is -0.898. The van der Waals surface area contributed by atoms with Crippen LogP contribution < -0.4 is 15.4 Å². The van der Waals surface area contributed by atoms with Gasteiger partial charge in [0.15, 0.2) is 6.73 Å². The summed E-state index contributed by atoms with van der Waals surface area (Å²) in [6, 6.07) is 5.75. The number of benzene rings is 2. The number of carbonyl (C=O) groups excluding carboxylic acids is 1. The van der Waals surface area contributed by atoms with Gasteiger partial charge < -0.3 is 15.4 Å². The van der Waals surface area contributed by atoms with Crippen molar-refractivity contribution in [3.05, 3.63) is 71.3 Å². The topological polar surface area (TPSA) is 68.2 Å². The molecule has 2 aromatic carbocycles. The SMILES string of the molecule is O=C(Nc1cnn(COc2ccc(F)cc2Cl)c1)Nc1ccc(F)cc1F. The summed E-state index contributed by atoms with van der Waals surface area (Å²) in [7, 11) is 0. The van der Waals surface area contributed by atoms with Crippen LogP contribution in [0, 0.1) is 17.5 Å². The zero-order valence-electron chi connectivity index (χ0n) is 13.5. The van der Waals surface area contributed by atoms with Crippen molar-refractivity contribution in [1.29, 1.82) is 0 Å². The van der Waals surface area contributed by atoms with E-state index in [0.717, 1.165) is 18.2 Å². The van der Waals surface area contributed by atoms with Crippen LogP contribution in [0.15, 0.2) is 48.8 Å². The summed E-state index contributed by atoms with van der Waals surface area (Å²) in [6.07, 6.45) is 2.80. The fourth-order valence-corrected chi connectivity index (χ4v) is 2.32. The van der Waals surface area contributed by atoms with E-state index in [1.807, 2.05) is 0 Å². The van der Waals surface area contributed by atoms with E-state index in [1.165, 1.54) is 29.2 Å². The minimum absolute atomic E-state index is 0.0404. The first kappa shape index (κ1) is 18.6. The second-order valence-electron chi connectivity index (χ2n) is 5.32. The Bertz CT molecular complexity index is 981. The molecule has 0 atom stereocenters. The molecule has 2 N–H and O–H groups in total. The summed E-state index contributed by atoms with van der Waals surface area (Å²) in [5, 5.41) is 8.79. The van der Waals surface area contributed by atoms with Crippen molar-refractivity contribution in [2.45, 2.75) is 6.73 Å². The number of hydrogen-bond acceptors (Lipinski definition) is 3. The molecule has 2 amide bonds. The molecule has 0 saturated carbocycles. The normalized spacial score (nSPS) is 10.5. The van der Waals surface area contributed by atoms with Crippen molar-refractivity contribution in [3.63, 3.8) is 0 Å². The number of rotatable bonds is 5. The molecule has 6 nitrogen and oxygen atoms in total. The third-order valence-corrected chi connectivity index (χ3v) is 3.61. The Morgan fingerprint density at radius 3 is 2.59 bits per heavy atom. The van der Waals surface area contributed by atoms with Gasteiger partial charge in [-0.25, -0.2) is 22.6 Å². The van der Waals surface area contributed by atoms with Gasteiger partial charge in [-0.05, 0) is 30.3 Å². The van der Waals surface area contributed by atoms with E-state index in [-0.39, 0.29) is 23.2 Å². The number of urea groups is 1. The summed E-state index contributed by atoms with van der Waals surface area (Å²) >= 11 is 5.86. The molecule has 0 radical (unpaired) electrons. The lowest BCUT2D eigenvalue weighted by Crippen LogP contribution is -2.20. The van der Waals surface area contributed by atoms with E-state index >= 15 is 0 Å². The van der Waals surface area contributed by atoms with Gasteiger partial charge in [0.05, 0.1) is 28.8 Å². The predicted octanol–water partition coefficient (Wildman–Crippen LogP) is 4.63. The highest BCUT2D eigenvalue weighted by atomic mass is 35.5. The molecule has 0 fully saturated rings. The number of halogens is 4. The van der Waals surface area contributed by atoms with Crippen molar-refractivity contribution in [1.82, 2.24) is 9.78 Å². The first-order valence-corrected chi connectivity index (χ1v) is 7.92. The number of aromatic nitrogens is 2. The molecule has 0 saturated heterocycles. The highest BCUT2D eigenvalue weighted by Gasteiger charge is 2.10. The first-order valence-electron chi connectivity index (χ1n) is 7.54. The number of nitrogens with zero attached hydrogens (tertiary/aromatic N) is 2. The van der Waals surface area contributed by atoms with Crippen LogP contribution in [0.3, 0.4) is 0 Å². The van der Waals surface area contributed by atoms with Crippen LogP contribution in [0.2, 0.25) is 5.02 Å². The maximum absolute atomic E-state index is 13.5. The van der Waals surface area contributed by atoms with Crippen LogP contribution >= 0.6 is 11.6 Å². The van der Waals surface area contributed by atoms with Crippen LogP contribution in [0.25, 0.3) is 0 Å². The standard InChI is InChI=1S/C17H12ClF3N4O2/c18-13-5-10(19)2-4-16(13)27-9-25-8-12(7-22-25)23-17(26)24-15-3-1-11(20)6-14(15)21/h1-8H,9H2,(H2,23,24,26). The molecule has 10 heteroatoms. The molecule has 140 valence electrons. The lowest BCUT2D eigenvalue weighted by Gasteiger charge is -2.08. The summed E-state index contributed by atoms with van der Waals surface area (Å²) < 4.78 is 46.1. The molecule has 0 spiro atoms. The Morgan fingerprint density at radius 2 is 1.85 bits per heavy atom. The third-order valence-electron chi connectivity index (χ3n) is 3.32. The highest BCUT2D eigenvalue weighted by Crippen LogP contribution is 2.25. The minimum Gasteiger partial charge on any atom is -0.470 e. The van der Waals surface area contributed by atoms with Crippen molar-refractivity contribution >= 4 is 29.0 Å². The van der Waals surface area contributed by atoms with Crippen LogP contribution in [0.1, 0.15) is 0 Å². The number of amides is 2. The van der Waals surface area contributed by atoms with Crippen LogP contribution in [-0.2, 0) is 6.73 Å².